The zero-order valence-corrected chi connectivity index (χ0v) is 13.0. The van der Waals surface area contributed by atoms with E-state index in [-0.39, 0.29) is 11.4 Å². The number of amides is 1. The SMILES string of the molecule is O=C(COc1cc(Cl)cc(Cl)c1)Nc1ccccc1C(F)(F)F. The van der Waals surface area contributed by atoms with E-state index < -0.39 is 24.3 Å². The number of carbonyl (C=O) groups is 1. The summed E-state index contributed by atoms with van der Waals surface area (Å²) in [4.78, 5) is 11.8. The van der Waals surface area contributed by atoms with Gasteiger partial charge in [-0.15, -0.1) is 0 Å². The van der Waals surface area contributed by atoms with Crippen LogP contribution >= 0.6 is 23.2 Å². The summed E-state index contributed by atoms with van der Waals surface area (Å²) in [7, 11) is 0. The summed E-state index contributed by atoms with van der Waals surface area (Å²) < 4.78 is 43.6. The van der Waals surface area contributed by atoms with Crippen LogP contribution in [0.1, 0.15) is 5.56 Å². The fourth-order valence-electron chi connectivity index (χ4n) is 1.79. The highest BCUT2D eigenvalue weighted by atomic mass is 35.5. The van der Waals surface area contributed by atoms with Gasteiger partial charge in [-0.25, -0.2) is 0 Å². The van der Waals surface area contributed by atoms with Crippen molar-refractivity contribution in [2.24, 2.45) is 0 Å². The molecule has 0 aliphatic carbocycles. The van der Waals surface area contributed by atoms with Gasteiger partial charge in [-0.05, 0) is 30.3 Å². The molecule has 3 nitrogen and oxygen atoms in total. The molecule has 1 amide bonds. The Balaban J connectivity index is 2.03. The van der Waals surface area contributed by atoms with Gasteiger partial charge in [0.15, 0.2) is 6.61 Å². The summed E-state index contributed by atoms with van der Waals surface area (Å²) in [6.45, 7) is -0.483. The number of anilines is 1. The van der Waals surface area contributed by atoms with E-state index in [0.717, 1.165) is 12.1 Å². The molecule has 23 heavy (non-hydrogen) atoms. The molecule has 0 aliphatic rings. The minimum atomic E-state index is -4.56. The van der Waals surface area contributed by atoms with Crippen LogP contribution in [-0.2, 0) is 11.0 Å². The Bertz CT molecular complexity index is 700. The normalized spacial score (nSPS) is 11.2. The van der Waals surface area contributed by atoms with Crippen LogP contribution in [0.4, 0.5) is 18.9 Å². The number of hydrogen-bond acceptors (Lipinski definition) is 2. The molecule has 8 heteroatoms. The van der Waals surface area contributed by atoms with Crippen molar-refractivity contribution >= 4 is 34.8 Å². The van der Waals surface area contributed by atoms with Crippen LogP contribution in [0.2, 0.25) is 10.0 Å². The topological polar surface area (TPSA) is 38.3 Å². The van der Waals surface area contributed by atoms with Crippen molar-refractivity contribution in [1.82, 2.24) is 0 Å². The van der Waals surface area contributed by atoms with E-state index in [0.29, 0.717) is 10.0 Å². The summed E-state index contributed by atoms with van der Waals surface area (Å²) >= 11 is 11.6. The molecule has 0 aromatic heterocycles. The average Bonchev–Trinajstić information content (AvgIpc) is 2.43. The second-order valence-corrected chi connectivity index (χ2v) is 5.36. The van der Waals surface area contributed by atoms with E-state index >= 15 is 0 Å². The lowest BCUT2D eigenvalue weighted by Gasteiger charge is -2.14. The van der Waals surface area contributed by atoms with Crippen molar-refractivity contribution in [2.45, 2.75) is 6.18 Å². The molecule has 2 aromatic rings. The van der Waals surface area contributed by atoms with Gasteiger partial charge in [0.25, 0.3) is 5.91 Å². The van der Waals surface area contributed by atoms with Crippen LogP contribution in [0, 0.1) is 0 Å². The van der Waals surface area contributed by atoms with E-state index in [1.54, 1.807) is 0 Å². The van der Waals surface area contributed by atoms with Gasteiger partial charge in [0, 0.05) is 10.0 Å². The number of benzene rings is 2. The number of para-hydroxylation sites is 1. The molecule has 0 radical (unpaired) electrons. The van der Waals surface area contributed by atoms with E-state index in [1.165, 1.54) is 30.3 Å². The van der Waals surface area contributed by atoms with Crippen LogP contribution in [0.3, 0.4) is 0 Å². The van der Waals surface area contributed by atoms with Crippen molar-refractivity contribution in [3.63, 3.8) is 0 Å². The molecule has 0 bridgehead atoms. The maximum atomic E-state index is 12.8. The second-order valence-electron chi connectivity index (χ2n) is 4.49. The quantitative estimate of drug-likeness (QED) is 0.827. The highest BCUT2D eigenvalue weighted by Gasteiger charge is 2.33. The zero-order chi connectivity index (χ0) is 17.0. The Morgan fingerprint density at radius 2 is 1.70 bits per heavy atom. The Kier molecular flexibility index (Phi) is 5.38. The minimum absolute atomic E-state index is 0.238. The number of hydrogen-bond donors (Lipinski definition) is 1. The summed E-state index contributed by atoms with van der Waals surface area (Å²) in [6.07, 6.45) is -4.56. The van der Waals surface area contributed by atoms with Gasteiger partial charge in [0.2, 0.25) is 0 Å². The van der Waals surface area contributed by atoms with Crippen LogP contribution in [0.15, 0.2) is 42.5 Å². The first kappa shape index (κ1) is 17.4. The maximum Gasteiger partial charge on any atom is 0.418 e. The van der Waals surface area contributed by atoms with Crippen molar-refractivity contribution in [1.29, 1.82) is 0 Å². The number of carbonyl (C=O) groups excluding carboxylic acids is 1. The molecule has 0 fully saturated rings. The average molecular weight is 364 g/mol. The first-order valence-corrected chi connectivity index (χ1v) is 7.06. The fourth-order valence-corrected chi connectivity index (χ4v) is 2.29. The van der Waals surface area contributed by atoms with Gasteiger partial charge >= 0.3 is 6.18 Å². The van der Waals surface area contributed by atoms with Gasteiger partial charge in [-0.2, -0.15) is 13.2 Å². The summed E-state index contributed by atoms with van der Waals surface area (Å²) in [5, 5.41) is 2.80. The van der Waals surface area contributed by atoms with E-state index in [9.17, 15) is 18.0 Å². The van der Waals surface area contributed by atoms with Gasteiger partial charge in [-0.3, -0.25) is 4.79 Å². The highest BCUT2D eigenvalue weighted by molar-refractivity contribution is 6.34. The third kappa shape index (κ3) is 5.04. The number of halogens is 5. The first-order valence-electron chi connectivity index (χ1n) is 6.30. The molecule has 0 atom stereocenters. The van der Waals surface area contributed by atoms with E-state index in [1.807, 2.05) is 0 Å². The van der Waals surface area contributed by atoms with Crippen molar-refractivity contribution < 1.29 is 22.7 Å². The molecule has 1 N–H and O–H groups in total. The number of rotatable bonds is 4. The molecule has 122 valence electrons. The summed E-state index contributed by atoms with van der Waals surface area (Å²) in [5.41, 5.74) is -1.27. The lowest BCUT2D eigenvalue weighted by molar-refractivity contribution is -0.137. The number of ether oxygens (including phenoxy) is 1. The van der Waals surface area contributed by atoms with Gasteiger partial charge in [-0.1, -0.05) is 35.3 Å². The third-order valence-electron chi connectivity index (χ3n) is 2.71. The van der Waals surface area contributed by atoms with Gasteiger partial charge in [0.05, 0.1) is 11.3 Å². The Labute approximate surface area is 140 Å². The Morgan fingerprint density at radius 3 is 2.30 bits per heavy atom. The molecule has 0 aliphatic heterocycles. The van der Waals surface area contributed by atoms with Crippen molar-refractivity contribution in [3.05, 3.63) is 58.1 Å². The molecule has 0 saturated carbocycles. The molecule has 0 unspecified atom stereocenters. The maximum absolute atomic E-state index is 12.8. The first-order chi connectivity index (χ1) is 10.8. The number of nitrogens with one attached hydrogen (secondary N) is 1. The van der Waals surface area contributed by atoms with E-state index in [2.05, 4.69) is 5.32 Å². The molecular weight excluding hydrogens is 354 g/mol. The lowest BCUT2D eigenvalue weighted by Crippen LogP contribution is -2.22. The van der Waals surface area contributed by atoms with Crippen LogP contribution in [-0.4, -0.2) is 12.5 Å². The lowest BCUT2D eigenvalue weighted by atomic mass is 10.1. The molecule has 0 saturated heterocycles. The largest absolute Gasteiger partial charge is 0.484 e. The Hall–Kier alpha value is -1.92. The highest BCUT2D eigenvalue weighted by Crippen LogP contribution is 2.34. The second kappa shape index (κ2) is 7.10. The van der Waals surface area contributed by atoms with Crippen molar-refractivity contribution in [2.75, 3.05) is 11.9 Å². The van der Waals surface area contributed by atoms with Crippen LogP contribution in [0.25, 0.3) is 0 Å². The molecule has 2 aromatic carbocycles. The summed E-state index contributed by atoms with van der Waals surface area (Å²) in [5.74, 6) is -0.500. The van der Waals surface area contributed by atoms with Crippen LogP contribution in [0.5, 0.6) is 5.75 Å². The zero-order valence-electron chi connectivity index (χ0n) is 11.5. The summed E-state index contributed by atoms with van der Waals surface area (Å²) in [6, 6.07) is 9.03. The number of alkyl halides is 3. The monoisotopic (exact) mass is 363 g/mol. The fraction of sp³-hybridized carbons (Fsp3) is 0.133. The predicted octanol–water partition coefficient (Wildman–Crippen LogP) is 5.03. The van der Waals surface area contributed by atoms with Crippen molar-refractivity contribution in [3.8, 4) is 5.75 Å². The Morgan fingerprint density at radius 1 is 1.09 bits per heavy atom. The molecule has 2 rings (SSSR count). The standard InChI is InChI=1S/C15H10Cl2F3NO2/c16-9-5-10(17)7-11(6-9)23-8-14(22)21-13-4-2-1-3-12(13)15(18,19)20/h1-7H,8H2,(H,21,22). The predicted molar refractivity (Wildman–Crippen MR) is 82.0 cm³/mol. The molecular formula is C15H10Cl2F3NO2. The van der Waals surface area contributed by atoms with E-state index in [4.69, 9.17) is 27.9 Å². The minimum Gasteiger partial charge on any atom is -0.484 e. The molecule has 0 spiro atoms. The van der Waals surface area contributed by atoms with Crippen LogP contribution < -0.4 is 10.1 Å². The van der Waals surface area contributed by atoms with Gasteiger partial charge in [0.1, 0.15) is 5.75 Å². The smallest absolute Gasteiger partial charge is 0.418 e. The molecule has 0 heterocycles. The van der Waals surface area contributed by atoms with Gasteiger partial charge < -0.3 is 10.1 Å². The third-order valence-corrected chi connectivity index (χ3v) is 3.15.